The molecular weight excluding hydrogens is 793 g/mol. The number of hydrogen-bond donors (Lipinski definition) is 1. The second-order valence-electron chi connectivity index (χ2n) is 15.8. The van der Waals surface area contributed by atoms with Gasteiger partial charge in [0.25, 0.3) is 20.1 Å². The molecule has 6 aliphatic rings. The molecule has 7 aromatic carbocycles. The average Bonchev–Trinajstić information content (AvgIpc) is 3.29. The summed E-state index contributed by atoms with van der Waals surface area (Å²) in [6.45, 7) is -0.579. The van der Waals surface area contributed by atoms with Gasteiger partial charge in [-0.1, -0.05) is 48.5 Å². The summed E-state index contributed by atoms with van der Waals surface area (Å²) in [5, 5.41) is 34.2. The maximum Gasteiger partial charge on any atom is 0.256 e. The standard InChI is InChI=1S/C47H25B3N6O3S2/c1-60-55-35-19-33-29(48-27-7-3-5-9-39(27)57-42-14-24(21-51)11-34(54-33)45(42)48)17-30(35)50-32-18-31-36(20-41(32)59-44-16-26(23-53)13-38(55)47(44)50)56(61-2)37-12-25(22-52)15-43-46(37)49(31)28-8-4-6-10-40(28)58-43/h3-20,54H,1-2H3. The Hall–Kier alpha value is -7.30. The fourth-order valence-electron chi connectivity index (χ4n) is 10.5. The van der Waals surface area contributed by atoms with Crippen LogP contribution in [-0.2, 0) is 0 Å². The Bertz CT molecular complexity index is 3360. The Morgan fingerprint density at radius 2 is 0.918 bits per heavy atom. The molecule has 0 fully saturated rings. The van der Waals surface area contributed by atoms with Gasteiger partial charge >= 0.3 is 0 Å². The maximum atomic E-state index is 10.4. The summed E-state index contributed by atoms with van der Waals surface area (Å²) in [5.41, 5.74) is 16.7. The van der Waals surface area contributed by atoms with Crippen LogP contribution in [0.1, 0.15) is 16.7 Å². The molecular formula is C47H25B3N6O3S2. The van der Waals surface area contributed by atoms with Crippen molar-refractivity contribution < 1.29 is 14.2 Å². The molecule has 0 spiro atoms. The molecule has 0 amide bonds. The Labute approximate surface area is 360 Å². The van der Waals surface area contributed by atoms with Crippen LogP contribution in [0.5, 0.6) is 34.5 Å². The molecule has 0 aliphatic carbocycles. The summed E-state index contributed by atoms with van der Waals surface area (Å²) in [4.78, 5) is 0. The van der Waals surface area contributed by atoms with E-state index >= 15 is 0 Å². The van der Waals surface area contributed by atoms with E-state index in [9.17, 15) is 15.8 Å². The van der Waals surface area contributed by atoms with Crippen molar-refractivity contribution >= 4 is 127 Å². The molecule has 282 valence electrons. The van der Waals surface area contributed by atoms with Crippen LogP contribution < -0.4 is 77.3 Å². The van der Waals surface area contributed by atoms with Crippen molar-refractivity contribution in [3.05, 3.63) is 126 Å². The summed E-state index contributed by atoms with van der Waals surface area (Å²) in [7, 11) is 0. The molecule has 0 aromatic heterocycles. The lowest BCUT2D eigenvalue weighted by molar-refractivity contribution is 0.487. The van der Waals surface area contributed by atoms with Crippen LogP contribution in [0, 0.1) is 34.0 Å². The molecule has 14 heteroatoms. The van der Waals surface area contributed by atoms with Crippen molar-refractivity contribution in [3.63, 3.8) is 0 Å². The first-order chi connectivity index (χ1) is 30.0. The molecule has 0 bridgehead atoms. The van der Waals surface area contributed by atoms with Gasteiger partial charge in [-0.2, -0.15) is 15.8 Å². The Balaban J connectivity index is 1.09. The van der Waals surface area contributed by atoms with Crippen LogP contribution in [0.3, 0.4) is 0 Å². The van der Waals surface area contributed by atoms with Gasteiger partial charge in [-0.3, -0.25) is 8.61 Å². The van der Waals surface area contributed by atoms with Crippen molar-refractivity contribution in [2.45, 2.75) is 0 Å². The van der Waals surface area contributed by atoms with Gasteiger partial charge < -0.3 is 19.5 Å². The van der Waals surface area contributed by atoms with Crippen LogP contribution in [0.2, 0.25) is 0 Å². The fraction of sp³-hybridized carbons (Fsp3) is 0.0426. The fourth-order valence-corrected chi connectivity index (χ4v) is 11.9. The van der Waals surface area contributed by atoms with E-state index in [1.165, 1.54) is 0 Å². The molecule has 0 radical (unpaired) electrons. The predicted octanol–water partition coefficient (Wildman–Crippen LogP) is 4.68. The number of rotatable bonds is 2. The smallest absolute Gasteiger partial charge is 0.256 e. The molecule has 0 atom stereocenters. The highest BCUT2D eigenvalue weighted by molar-refractivity contribution is 8.00. The van der Waals surface area contributed by atoms with E-state index < -0.39 is 0 Å². The van der Waals surface area contributed by atoms with Crippen LogP contribution in [0.4, 0.5) is 34.1 Å². The van der Waals surface area contributed by atoms with E-state index in [0.717, 1.165) is 94.8 Å². The summed E-state index contributed by atoms with van der Waals surface area (Å²) in [6, 6.07) is 43.9. The van der Waals surface area contributed by atoms with Crippen molar-refractivity contribution in [2.75, 3.05) is 26.4 Å². The van der Waals surface area contributed by atoms with E-state index in [2.05, 4.69) is 86.9 Å². The second kappa shape index (κ2) is 12.4. The van der Waals surface area contributed by atoms with E-state index in [4.69, 9.17) is 14.2 Å². The van der Waals surface area contributed by atoms with E-state index in [1.807, 2.05) is 66.9 Å². The lowest BCUT2D eigenvalue weighted by Gasteiger charge is -2.42. The van der Waals surface area contributed by atoms with Crippen LogP contribution in [-0.4, -0.2) is 32.6 Å². The first-order valence-electron chi connectivity index (χ1n) is 19.7. The molecule has 0 saturated carbocycles. The number of nitrogens with one attached hydrogen (secondary N) is 1. The Morgan fingerprint density at radius 1 is 0.443 bits per heavy atom. The third-order valence-electron chi connectivity index (χ3n) is 12.9. The van der Waals surface area contributed by atoms with Crippen molar-refractivity contribution in [2.24, 2.45) is 0 Å². The van der Waals surface area contributed by atoms with Crippen molar-refractivity contribution in [1.82, 2.24) is 0 Å². The van der Waals surface area contributed by atoms with E-state index in [-0.39, 0.29) is 20.1 Å². The Kier molecular flexibility index (Phi) is 7.01. The van der Waals surface area contributed by atoms with Gasteiger partial charge in [0, 0.05) is 35.6 Å². The largest absolute Gasteiger partial charge is 0.458 e. The van der Waals surface area contributed by atoms with Crippen LogP contribution in [0.25, 0.3) is 0 Å². The zero-order chi connectivity index (χ0) is 40.8. The summed E-state index contributed by atoms with van der Waals surface area (Å²) >= 11 is 3.16. The normalized spacial score (nSPS) is 14.2. The van der Waals surface area contributed by atoms with Crippen LogP contribution in [0.15, 0.2) is 109 Å². The number of benzene rings is 7. The number of nitriles is 3. The lowest BCUT2D eigenvalue weighted by atomic mass is 9.29. The second-order valence-corrected chi connectivity index (χ2v) is 17.3. The zero-order valence-electron chi connectivity index (χ0n) is 32.4. The monoisotopic (exact) mass is 818 g/mol. The number of nitrogens with zero attached hydrogens (tertiary/aromatic N) is 5. The minimum atomic E-state index is -0.257. The molecule has 6 aliphatic heterocycles. The van der Waals surface area contributed by atoms with Crippen molar-refractivity contribution in [3.8, 4) is 52.7 Å². The SMILES string of the molecule is CSN1c2cc3c(cc2B2c4cc5c(cc4Oc4cc(C#N)cc1c42)N(SC)c1cc(C#N)cc2c1B5c1ccccc1O2)B1c2ccccc2Oc2cc(C#N)cc(c21)N3. The predicted molar refractivity (Wildman–Crippen MR) is 248 cm³/mol. The van der Waals surface area contributed by atoms with Gasteiger partial charge in [-0.05, 0) is 128 Å². The molecule has 7 aromatic rings. The number of fused-ring (bicyclic) bond motifs is 12. The average molecular weight is 818 g/mol. The molecule has 0 unspecified atom stereocenters. The third kappa shape index (κ3) is 4.54. The van der Waals surface area contributed by atoms with Gasteiger partial charge in [0.15, 0.2) is 0 Å². The highest BCUT2D eigenvalue weighted by atomic mass is 32.2. The van der Waals surface area contributed by atoms with E-state index in [0.29, 0.717) is 39.7 Å². The molecule has 0 saturated heterocycles. The maximum absolute atomic E-state index is 10.4. The molecule has 6 heterocycles. The number of ether oxygens (including phenoxy) is 3. The quantitative estimate of drug-likeness (QED) is 0.194. The zero-order valence-corrected chi connectivity index (χ0v) is 34.0. The number of para-hydroxylation sites is 2. The molecule has 1 N–H and O–H groups in total. The molecule has 13 rings (SSSR count). The summed E-state index contributed by atoms with van der Waals surface area (Å²) in [5.74, 6) is 4.27. The van der Waals surface area contributed by atoms with Gasteiger partial charge in [0.1, 0.15) is 34.5 Å². The minimum absolute atomic E-state index is 0.154. The highest BCUT2D eigenvalue weighted by Gasteiger charge is 2.48. The summed E-state index contributed by atoms with van der Waals surface area (Å²) < 4.78 is 24.4. The topological polar surface area (TPSA) is 118 Å². The van der Waals surface area contributed by atoms with Gasteiger partial charge in [0.2, 0.25) is 0 Å². The number of hydrogen-bond acceptors (Lipinski definition) is 11. The van der Waals surface area contributed by atoms with E-state index in [1.54, 1.807) is 23.9 Å². The van der Waals surface area contributed by atoms with Crippen LogP contribution >= 0.6 is 23.9 Å². The highest BCUT2D eigenvalue weighted by Crippen LogP contribution is 2.45. The van der Waals surface area contributed by atoms with Gasteiger partial charge in [-0.15, -0.1) is 0 Å². The third-order valence-corrected chi connectivity index (χ3v) is 14.4. The molecule has 9 nitrogen and oxygen atoms in total. The first kappa shape index (κ1) is 34.6. The van der Waals surface area contributed by atoms with Gasteiger partial charge in [0.05, 0.1) is 52.0 Å². The minimum Gasteiger partial charge on any atom is -0.458 e. The summed E-state index contributed by atoms with van der Waals surface area (Å²) in [6.07, 6.45) is 4.09. The first-order valence-corrected chi connectivity index (χ1v) is 22.1. The lowest BCUT2D eigenvalue weighted by Crippen LogP contribution is -2.64. The van der Waals surface area contributed by atoms with Gasteiger partial charge in [-0.25, -0.2) is 0 Å². The Morgan fingerprint density at radius 3 is 1.49 bits per heavy atom. The molecule has 61 heavy (non-hydrogen) atoms. The number of anilines is 6. The van der Waals surface area contributed by atoms with Crippen molar-refractivity contribution in [1.29, 1.82) is 15.8 Å².